The normalized spacial score (nSPS) is 13.2. The van der Waals surface area contributed by atoms with Crippen molar-refractivity contribution in [3.8, 4) is 11.1 Å². The Balaban J connectivity index is 1.35. The fraction of sp³-hybridized carbons (Fsp3) is 0.136. The lowest BCUT2D eigenvalue weighted by atomic mass is 10.1. The van der Waals surface area contributed by atoms with Crippen LogP contribution in [0.15, 0.2) is 72.9 Å². The first-order valence-corrected chi connectivity index (χ1v) is 9.60. The number of carbonyl (C=O) groups is 1. The number of hydrogen-bond acceptors (Lipinski definition) is 5. The van der Waals surface area contributed by atoms with E-state index in [0.717, 1.165) is 35.3 Å². The maximum atomic E-state index is 12.0. The molecule has 2 heterocycles. The Morgan fingerprint density at radius 3 is 2.34 bits per heavy atom. The summed E-state index contributed by atoms with van der Waals surface area (Å²) in [5.74, 6) is 0.467. The van der Waals surface area contributed by atoms with Crippen molar-refractivity contribution >= 4 is 28.9 Å². The molecule has 1 fully saturated rings. The number of benzene rings is 2. The summed E-state index contributed by atoms with van der Waals surface area (Å²) in [5, 5.41) is 7.19. The molecule has 3 N–H and O–H groups in total. The smallest absolute Gasteiger partial charge is 0.249 e. The van der Waals surface area contributed by atoms with Gasteiger partial charge in [-0.3, -0.25) is 10.1 Å². The molecule has 0 aliphatic heterocycles. The third kappa shape index (κ3) is 3.75. The van der Waals surface area contributed by atoms with E-state index in [9.17, 15) is 4.79 Å². The minimum absolute atomic E-state index is 0.00352. The van der Waals surface area contributed by atoms with Gasteiger partial charge in [-0.15, -0.1) is 5.10 Å². The van der Waals surface area contributed by atoms with Crippen molar-refractivity contribution in [1.29, 1.82) is 0 Å². The molecule has 2 aromatic carbocycles. The van der Waals surface area contributed by atoms with Crippen LogP contribution in [0.5, 0.6) is 0 Å². The topological polar surface area (TPSA) is 83.3 Å². The highest BCUT2D eigenvalue weighted by Gasteiger charge is 2.30. The van der Waals surface area contributed by atoms with Crippen molar-refractivity contribution < 1.29 is 4.79 Å². The van der Waals surface area contributed by atoms with Gasteiger partial charge < -0.3 is 10.9 Å². The Morgan fingerprint density at radius 1 is 0.897 bits per heavy atom. The molecule has 4 aromatic rings. The fourth-order valence-corrected chi connectivity index (χ4v) is 3.14. The van der Waals surface area contributed by atoms with Crippen molar-refractivity contribution in [2.75, 3.05) is 16.2 Å². The van der Waals surface area contributed by atoms with Gasteiger partial charge >= 0.3 is 0 Å². The summed E-state index contributed by atoms with van der Waals surface area (Å²) < 4.78 is 1.70. The van der Waals surface area contributed by atoms with Crippen LogP contribution in [0.4, 0.5) is 17.3 Å². The lowest BCUT2D eigenvalue weighted by Crippen LogP contribution is -2.14. The molecule has 5 rings (SSSR count). The molecule has 0 saturated heterocycles. The van der Waals surface area contributed by atoms with Gasteiger partial charge in [0.25, 0.3) is 0 Å². The molecule has 0 bridgehead atoms. The van der Waals surface area contributed by atoms with Crippen LogP contribution in [0.2, 0.25) is 0 Å². The Kier molecular flexibility index (Phi) is 4.32. The maximum absolute atomic E-state index is 12.0. The second kappa shape index (κ2) is 7.27. The molecule has 0 radical (unpaired) electrons. The van der Waals surface area contributed by atoms with Gasteiger partial charge in [-0.1, -0.05) is 30.3 Å². The number of nitrogens with one attached hydrogen (secondary N) is 3. The number of pyridine rings is 1. The van der Waals surface area contributed by atoms with E-state index in [1.165, 1.54) is 0 Å². The molecule has 1 aliphatic carbocycles. The van der Waals surface area contributed by atoms with E-state index in [1.54, 1.807) is 4.52 Å². The molecule has 1 aliphatic rings. The summed E-state index contributed by atoms with van der Waals surface area (Å²) in [7, 11) is 0. The molecule has 0 spiro atoms. The van der Waals surface area contributed by atoms with Crippen LogP contribution in [0, 0.1) is 5.92 Å². The monoisotopic (exact) mass is 384 g/mol. The molecule has 7 nitrogen and oxygen atoms in total. The molecule has 7 heteroatoms. The van der Waals surface area contributed by atoms with Gasteiger partial charge in [-0.2, -0.15) is 4.98 Å². The molecule has 2 aromatic heterocycles. The van der Waals surface area contributed by atoms with Crippen LogP contribution < -0.4 is 16.2 Å². The molecule has 1 saturated carbocycles. The number of rotatable bonds is 6. The number of fused-ring (bicyclic) bond motifs is 1. The molecule has 0 unspecified atom stereocenters. The highest BCUT2D eigenvalue weighted by Crippen LogP contribution is 2.30. The Labute approximate surface area is 167 Å². The summed E-state index contributed by atoms with van der Waals surface area (Å²) in [6.45, 7) is 0. The predicted octanol–water partition coefficient (Wildman–Crippen LogP) is 4.18. The number of amides is 1. The number of anilines is 3. The first kappa shape index (κ1) is 17.2. The van der Waals surface area contributed by atoms with Crippen LogP contribution in [0.25, 0.3) is 16.8 Å². The summed E-state index contributed by atoms with van der Waals surface area (Å²) >= 11 is 0. The van der Waals surface area contributed by atoms with E-state index in [0.29, 0.717) is 11.6 Å². The van der Waals surface area contributed by atoms with Crippen molar-refractivity contribution in [3.63, 3.8) is 0 Å². The Bertz CT molecular complexity index is 1150. The molecule has 144 valence electrons. The average Bonchev–Trinajstić information content (AvgIpc) is 3.53. The van der Waals surface area contributed by atoms with E-state index >= 15 is 0 Å². The number of nitrogens with zero attached hydrogens (tertiary/aromatic N) is 3. The number of aromatic nitrogens is 3. The summed E-state index contributed by atoms with van der Waals surface area (Å²) in [5.41, 5.74) is 11.0. The van der Waals surface area contributed by atoms with Crippen molar-refractivity contribution in [3.05, 3.63) is 72.9 Å². The number of carbonyl (C=O) groups excluding carboxylic acids is 1. The van der Waals surface area contributed by atoms with Crippen LogP contribution in [0.1, 0.15) is 12.8 Å². The first-order valence-electron chi connectivity index (χ1n) is 9.60. The van der Waals surface area contributed by atoms with E-state index < -0.39 is 0 Å². The number of para-hydroxylation sites is 1. The van der Waals surface area contributed by atoms with Crippen molar-refractivity contribution in [1.82, 2.24) is 14.6 Å². The van der Waals surface area contributed by atoms with Crippen LogP contribution in [-0.4, -0.2) is 20.5 Å². The summed E-state index contributed by atoms with van der Waals surface area (Å²) in [6, 6.07) is 21.9. The minimum Gasteiger partial charge on any atom is -0.301 e. The Hall–Kier alpha value is -3.87. The van der Waals surface area contributed by atoms with Gasteiger partial charge in [0, 0.05) is 17.7 Å². The zero-order chi connectivity index (χ0) is 19.6. The fourth-order valence-electron chi connectivity index (χ4n) is 3.14. The van der Waals surface area contributed by atoms with Crippen LogP contribution in [-0.2, 0) is 4.79 Å². The number of hydrazine groups is 1. The lowest BCUT2D eigenvalue weighted by Gasteiger charge is -2.10. The van der Waals surface area contributed by atoms with Crippen molar-refractivity contribution in [2.45, 2.75) is 12.8 Å². The SMILES string of the molecule is O=C(Nc1nc2c(-c3ccc(NNc4ccccc4)cc3)cccn2n1)C1CC1. The van der Waals surface area contributed by atoms with E-state index in [4.69, 9.17) is 0 Å². The average molecular weight is 384 g/mol. The van der Waals surface area contributed by atoms with Gasteiger partial charge in [0.05, 0.1) is 11.4 Å². The molecule has 1 amide bonds. The molecular formula is C22H20N6O. The van der Waals surface area contributed by atoms with Crippen molar-refractivity contribution in [2.24, 2.45) is 5.92 Å². The van der Waals surface area contributed by atoms with E-state index in [-0.39, 0.29) is 11.8 Å². The highest BCUT2D eigenvalue weighted by molar-refractivity contribution is 5.93. The molecule has 29 heavy (non-hydrogen) atoms. The van der Waals surface area contributed by atoms with Crippen LogP contribution in [0.3, 0.4) is 0 Å². The number of hydrogen-bond donors (Lipinski definition) is 3. The lowest BCUT2D eigenvalue weighted by molar-refractivity contribution is -0.117. The zero-order valence-corrected chi connectivity index (χ0v) is 15.7. The third-order valence-electron chi connectivity index (χ3n) is 4.87. The predicted molar refractivity (Wildman–Crippen MR) is 113 cm³/mol. The Morgan fingerprint density at radius 2 is 1.62 bits per heavy atom. The van der Waals surface area contributed by atoms with Gasteiger partial charge in [-0.25, -0.2) is 4.52 Å². The molecule has 0 atom stereocenters. The van der Waals surface area contributed by atoms with E-state index in [1.807, 2.05) is 72.9 Å². The second-order valence-corrected chi connectivity index (χ2v) is 7.08. The van der Waals surface area contributed by atoms with Gasteiger partial charge in [-0.05, 0) is 54.8 Å². The van der Waals surface area contributed by atoms with Gasteiger partial charge in [0.15, 0.2) is 5.65 Å². The molecular weight excluding hydrogens is 364 g/mol. The first-order chi connectivity index (χ1) is 14.3. The largest absolute Gasteiger partial charge is 0.301 e. The third-order valence-corrected chi connectivity index (χ3v) is 4.87. The quantitative estimate of drug-likeness (QED) is 0.434. The van der Waals surface area contributed by atoms with Gasteiger partial charge in [0.1, 0.15) is 0 Å². The van der Waals surface area contributed by atoms with Gasteiger partial charge in [0.2, 0.25) is 11.9 Å². The highest BCUT2D eigenvalue weighted by atomic mass is 16.2. The maximum Gasteiger partial charge on any atom is 0.249 e. The van der Waals surface area contributed by atoms with Crippen LogP contribution >= 0.6 is 0 Å². The summed E-state index contributed by atoms with van der Waals surface area (Å²) in [6.07, 6.45) is 3.73. The van der Waals surface area contributed by atoms with E-state index in [2.05, 4.69) is 26.3 Å². The summed E-state index contributed by atoms with van der Waals surface area (Å²) in [4.78, 5) is 16.5. The minimum atomic E-state index is 0.00352. The second-order valence-electron chi connectivity index (χ2n) is 7.08. The standard InChI is InChI=1S/C22H20N6O/c29-21(16-8-9-16)24-22-23-20-19(7-4-14-28(20)27-22)15-10-12-18(13-11-15)26-25-17-5-2-1-3-6-17/h1-7,10-14,16,25-26H,8-9H2,(H,24,27,29). The zero-order valence-electron chi connectivity index (χ0n) is 15.7.